The maximum absolute atomic E-state index is 11.9. The van der Waals surface area contributed by atoms with Crippen LogP contribution in [0, 0.1) is 0 Å². The van der Waals surface area contributed by atoms with Crippen molar-refractivity contribution in [1.29, 1.82) is 0 Å². The lowest BCUT2D eigenvalue weighted by Gasteiger charge is -2.47. The Morgan fingerprint density at radius 2 is 1.62 bits per heavy atom. The molecule has 0 spiro atoms. The molecule has 4 rings (SSSR count). The zero-order valence-corrected chi connectivity index (χ0v) is 22.4. The molecule has 8 atom stereocenters. The van der Waals surface area contributed by atoms with Crippen molar-refractivity contribution in [3.63, 3.8) is 0 Å². The predicted octanol–water partition coefficient (Wildman–Crippen LogP) is 4.40. The van der Waals surface area contributed by atoms with E-state index in [4.69, 9.17) is 23.7 Å². The third kappa shape index (κ3) is 8.22. The van der Waals surface area contributed by atoms with Gasteiger partial charge in [0.25, 0.3) is 0 Å². The van der Waals surface area contributed by atoms with Crippen molar-refractivity contribution in [2.45, 2.75) is 127 Å². The van der Waals surface area contributed by atoms with Crippen LogP contribution >= 0.6 is 0 Å². The number of epoxide rings is 1. The quantitative estimate of drug-likeness (QED) is 0.262. The molecule has 8 nitrogen and oxygen atoms in total. The van der Waals surface area contributed by atoms with Crippen molar-refractivity contribution in [3.8, 4) is 0 Å². The number of fused-ring (bicyclic) bond motifs is 1. The van der Waals surface area contributed by atoms with E-state index in [0.717, 1.165) is 18.4 Å². The second-order valence-electron chi connectivity index (χ2n) is 10.5. The summed E-state index contributed by atoms with van der Waals surface area (Å²) < 4.78 is 30.0. The molecule has 3 fully saturated rings. The summed E-state index contributed by atoms with van der Waals surface area (Å²) in [6, 6.07) is 9.21. The molecule has 37 heavy (non-hydrogen) atoms. The van der Waals surface area contributed by atoms with Crippen LogP contribution in [0.3, 0.4) is 0 Å². The maximum atomic E-state index is 11.9. The van der Waals surface area contributed by atoms with Crippen molar-refractivity contribution in [1.82, 2.24) is 5.32 Å². The average Bonchev–Trinajstić information content (AvgIpc) is 3.71. The van der Waals surface area contributed by atoms with E-state index < -0.39 is 36.9 Å². The predicted molar refractivity (Wildman–Crippen MR) is 139 cm³/mol. The molecule has 3 aliphatic rings. The van der Waals surface area contributed by atoms with Crippen LogP contribution < -0.4 is 5.32 Å². The number of ether oxygens (including phenoxy) is 5. The van der Waals surface area contributed by atoms with Crippen molar-refractivity contribution in [3.05, 3.63) is 35.9 Å². The van der Waals surface area contributed by atoms with Crippen LogP contribution in [0.4, 0.5) is 0 Å². The fourth-order valence-corrected chi connectivity index (χ4v) is 5.34. The highest BCUT2D eigenvalue weighted by molar-refractivity contribution is 5.73. The number of carbonyl (C=O) groups excluding carboxylic acids is 1. The molecule has 0 bridgehead atoms. The molecule has 3 saturated heterocycles. The average molecular weight is 520 g/mol. The lowest BCUT2D eigenvalue weighted by atomic mass is 9.95. The van der Waals surface area contributed by atoms with E-state index in [1.807, 2.05) is 30.3 Å². The molecule has 0 radical (unpaired) electrons. The highest BCUT2D eigenvalue weighted by Crippen LogP contribution is 2.44. The molecular weight excluding hydrogens is 474 g/mol. The molecule has 0 aromatic heterocycles. The Morgan fingerprint density at radius 1 is 0.946 bits per heavy atom. The molecule has 0 aliphatic carbocycles. The van der Waals surface area contributed by atoms with Crippen LogP contribution in [-0.2, 0) is 28.5 Å². The summed E-state index contributed by atoms with van der Waals surface area (Å²) in [5.74, 6) is -0.253. The van der Waals surface area contributed by atoms with E-state index in [9.17, 15) is 9.90 Å². The van der Waals surface area contributed by atoms with E-state index in [1.165, 1.54) is 58.3 Å². The topological polar surface area (TPSA) is 98.8 Å². The molecule has 2 N–H and O–H groups in total. The Kier molecular flexibility index (Phi) is 11.2. The first-order valence-electron chi connectivity index (χ1n) is 14.3. The SMILES string of the molecule is CCCCCCCCCCCCO[C@@H]1O[C@@H]2CO[C@@H]([C@H]3O[C@@H]3c3ccccc3)O[C@H]2[C@H](O)[C@H]1NC(C)=O. The van der Waals surface area contributed by atoms with Gasteiger partial charge in [-0.3, -0.25) is 4.79 Å². The number of carbonyl (C=O) groups is 1. The van der Waals surface area contributed by atoms with Crippen molar-refractivity contribution >= 4 is 5.91 Å². The number of unbranched alkanes of at least 4 members (excludes halogenated alkanes) is 9. The van der Waals surface area contributed by atoms with Gasteiger partial charge in [-0.05, 0) is 12.0 Å². The van der Waals surface area contributed by atoms with Crippen LogP contribution in [0.15, 0.2) is 30.3 Å². The summed E-state index contributed by atoms with van der Waals surface area (Å²) in [5, 5.41) is 14.0. The van der Waals surface area contributed by atoms with E-state index in [1.54, 1.807) is 0 Å². The van der Waals surface area contributed by atoms with Gasteiger partial charge in [-0.2, -0.15) is 0 Å². The first-order chi connectivity index (χ1) is 18.1. The highest BCUT2D eigenvalue weighted by Gasteiger charge is 2.55. The molecule has 1 aromatic carbocycles. The smallest absolute Gasteiger partial charge is 0.217 e. The minimum Gasteiger partial charge on any atom is -0.388 e. The molecule has 1 amide bonds. The van der Waals surface area contributed by atoms with Crippen LogP contribution in [0.5, 0.6) is 0 Å². The number of hydrogen-bond acceptors (Lipinski definition) is 7. The number of nitrogens with one attached hydrogen (secondary N) is 1. The Morgan fingerprint density at radius 3 is 2.30 bits per heavy atom. The summed E-state index contributed by atoms with van der Waals surface area (Å²) in [6.45, 7) is 4.45. The van der Waals surface area contributed by atoms with Gasteiger partial charge < -0.3 is 34.1 Å². The fraction of sp³-hybridized carbons (Fsp3) is 0.759. The van der Waals surface area contributed by atoms with E-state index in [-0.39, 0.29) is 24.7 Å². The Hall–Kier alpha value is -1.55. The van der Waals surface area contributed by atoms with E-state index >= 15 is 0 Å². The number of aliphatic hydroxyl groups excluding tert-OH is 1. The fourth-order valence-electron chi connectivity index (χ4n) is 5.34. The zero-order chi connectivity index (χ0) is 26.0. The summed E-state index contributed by atoms with van der Waals surface area (Å²) in [4.78, 5) is 11.9. The number of rotatable bonds is 15. The third-order valence-electron chi connectivity index (χ3n) is 7.46. The first-order valence-corrected chi connectivity index (χ1v) is 14.3. The Balaban J connectivity index is 1.20. The zero-order valence-electron chi connectivity index (χ0n) is 22.4. The molecule has 3 heterocycles. The van der Waals surface area contributed by atoms with Gasteiger partial charge in [0.2, 0.25) is 5.91 Å². The molecular formula is C29H45NO7. The largest absolute Gasteiger partial charge is 0.388 e. The van der Waals surface area contributed by atoms with E-state index in [2.05, 4.69) is 12.2 Å². The highest BCUT2D eigenvalue weighted by atomic mass is 16.8. The van der Waals surface area contributed by atoms with Crippen LogP contribution in [0.25, 0.3) is 0 Å². The summed E-state index contributed by atoms with van der Waals surface area (Å²) in [5.41, 5.74) is 1.07. The minimum atomic E-state index is -0.985. The lowest BCUT2D eigenvalue weighted by Crippen LogP contribution is -2.67. The standard InChI is InChI=1S/C29H45NO7/c1-3-4-5-6-7-8-9-10-11-15-18-33-28-23(30-20(2)31)24(32)26-22(35-28)19-34-29(37-26)27-25(36-27)21-16-13-12-14-17-21/h12-14,16-17,22-29,32H,3-11,15,18-19H2,1-2H3,(H,30,31)/t22-,23-,24-,25-,26-,27+,28-,29-/m1/s1. The molecule has 0 unspecified atom stereocenters. The van der Waals surface area contributed by atoms with Crippen molar-refractivity contribution < 1.29 is 33.6 Å². The van der Waals surface area contributed by atoms with Crippen LogP contribution in [0.2, 0.25) is 0 Å². The van der Waals surface area contributed by atoms with Gasteiger partial charge in [0.1, 0.15) is 36.6 Å². The molecule has 1 aromatic rings. The van der Waals surface area contributed by atoms with Gasteiger partial charge in [-0.1, -0.05) is 95.0 Å². The van der Waals surface area contributed by atoms with Gasteiger partial charge in [0.15, 0.2) is 12.6 Å². The molecule has 0 saturated carbocycles. The summed E-state index contributed by atoms with van der Waals surface area (Å²) in [6.07, 6.45) is 8.64. The number of aliphatic hydroxyl groups is 1. The third-order valence-corrected chi connectivity index (χ3v) is 7.46. The Bertz CT molecular complexity index is 809. The second-order valence-corrected chi connectivity index (χ2v) is 10.5. The number of hydrogen-bond donors (Lipinski definition) is 2. The normalized spacial score (nSPS) is 33.1. The van der Waals surface area contributed by atoms with Crippen molar-refractivity contribution in [2.75, 3.05) is 13.2 Å². The van der Waals surface area contributed by atoms with Crippen molar-refractivity contribution in [2.24, 2.45) is 0 Å². The minimum absolute atomic E-state index is 0.0901. The molecule has 208 valence electrons. The number of benzene rings is 1. The van der Waals surface area contributed by atoms with E-state index in [0.29, 0.717) is 6.61 Å². The summed E-state index contributed by atoms with van der Waals surface area (Å²) >= 11 is 0. The van der Waals surface area contributed by atoms with Gasteiger partial charge in [-0.15, -0.1) is 0 Å². The van der Waals surface area contributed by atoms with Gasteiger partial charge in [0, 0.05) is 13.5 Å². The molecule has 8 heteroatoms. The van der Waals surface area contributed by atoms with Gasteiger partial charge >= 0.3 is 0 Å². The van der Waals surface area contributed by atoms with Crippen LogP contribution in [-0.4, -0.2) is 67.3 Å². The van der Waals surface area contributed by atoms with Crippen LogP contribution in [0.1, 0.15) is 89.7 Å². The molecule has 3 aliphatic heterocycles. The number of amides is 1. The van der Waals surface area contributed by atoms with Gasteiger partial charge in [-0.25, -0.2) is 0 Å². The first kappa shape index (κ1) is 28.5. The second kappa shape index (κ2) is 14.6. The summed E-state index contributed by atoms with van der Waals surface area (Å²) in [7, 11) is 0. The monoisotopic (exact) mass is 519 g/mol. The lowest BCUT2D eigenvalue weighted by molar-refractivity contribution is -0.343. The van der Waals surface area contributed by atoms with Gasteiger partial charge in [0.05, 0.1) is 6.61 Å². The maximum Gasteiger partial charge on any atom is 0.217 e. The Labute approximate surface area is 221 Å².